The van der Waals surface area contributed by atoms with Crippen LogP contribution in [-0.2, 0) is 19.1 Å². The minimum Gasteiger partial charge on any atom is -0.456 e. The summed E-state index contributed by atoms with van der Waals surface area (Å²) in [4.78, 5) is 46.9. The van der Waals surface area contributed by atoms with Crippen molar-refractivity contribution >= 4 is 58.1 Å². The second-order valence-electron chi connectivity index (χ2n) is 6.02. The second-order valence-corrected chi connectivity index (χ2v) is 6.86. The highest BCUT2D eigenvalue weighted by Crippen LogP contribution is 2.25. The molecule has 0 saturated heterocycles. The van der Waals surface area contributed by atoms with Gasteiger partial charge in [-0.15, -0.1) is 0 Å². The number of ketones is 1. The first-order chi connectivity index (χ1) is 13.7. The minimum atomic E-state index is -0.704. The number of ether oxygens (including phenoxy) is 1. The molecule has 0 fully saturated rings. The SMILES string of the molecule is CC(=O)c1cccc(NC(=O)CCC(=O)OCC(=O)Nc2cc(Cl)ccc2Cl)c1. The lowest BCUT2D eigenvalue weighted by molar-refractivity contribution is -0.147. The van der Waals surface area contributed by atoms with E-state index in [9.17, 15) is 19.2 Å². The van der Waals surface area contributed by atoms with E-state index in [0.717, 1.165) is 0 Å². The van der Waals surface area contributed by atoms with Gasteiger partial charge in [-0.3, -0.25) is 19.2 Å². The smallest absolute Gasteiger partial charge is 0.306 e. The molecule has 2 rings (SSSR count). The van der Waals surface area contributed by atoms with Gasteiger partial charge in [-0.25, -0.2) is 0 Å². The van der Waals surface area contributed by atoms with Crippen molar-refractivity contribution in [2.24, 2.45) is 0 Å². The minimum absolute atomic E-state index is 0.123. The average Bonchev–Trinajstić information content (AvgIpc) is 2.67. The summed E-state index contributed by atoms with van der Waals surface area (Å²) in [6.07, 6.45) is -0.339. The predicted molar refractivity (Wildman–Crippen MR) is 110 cm³/mol. The van der Waals surface area contributed by atoms with E-state index in [4.69, 9.17) is 27.9 Å². The summed E-state index contributed by atoms with van der Waals surface area (Å²) in [7, 11) is 0. The number of anilines is 2. The maximum Gasteiger partial charge on any atom is 0.306 e. The van der Waals surface area contributed by atoms with E-state index >= 15 is 0 Å². The summed E-state index contributed by atoms with van der Waals surface area (Å²) in [6.45, 7) is 0.900. The molecule has 0 aromatic heterocycles. The molecule has 0 aliphatic heterocycles. The van der Waals surface area contributed by atoms with E-state index in [1.54, 1.807) is 30.3 Å². The van der Waals surface area contributed by atoms with Crippen LogP contribution < -0.4 is 10.6 Å². The molecule has 7 nitrogen and oxygen atoms in total. The number of esters is 1. The number of rotatable bonds is 8. The number of nitrogens with one attached hydrogen (secondary N) is 2. The summed E-state index contributed by atoms with van der Waals surface area (Å²) in [5.74, 6) is -1.84. The van der Waals surface area contributed by atoms with E-state index in [2.05, 4.69) is 10.6 Å². The van der Waals surface area contributed by atoms with Crippen molar-refractivity contribution in [2.75, 3.05) is 17.2 Å². The van der Waals surface area contributed by atoms with Crippen LogP contribution in [-0.4, -0.2) is 30.2 Å². The van der Waals surface area contributed by atoms with E-state index in [1.807, 2.05) is 0 Å². The van der Waals surface area contributed by atoms with Gasteiger partial charge < -0.3 is 15.4 Å². The molecular weight excluding hydrogens is 419 g/mol. The molecule has 0 unspecified atom stereocenters. The van der Waals surface area contributed by atoms with Crippen molar-refractivity contribution in [1.29, 1.82) is 0 Å². The molecule has 0 aliphatic carbocycles. The van der Waals surface area contributed by atoms with Gasteiger partial charge in [0, 0.05) is 22.7 Å². The Kier molecular flexibility index (Phi) is 8.18. The van der Waals surface area contributed by atoms with Gasteiger partial charge in [-0.05, 0) is 37.3 Å². The van der Waals surface area contributed by atoms with Crippen LogP contribution in [0.2, 0.25) is 10.0 Å². The Labute approximate surface area is 177 Å². The molecule has 0 atom stereocenters. The fourth-order valence-corrected chi connectivity index (χ4v) is 2.59. The number of hydrogen-bond acceptors (Lipinski definition) is 5. The fraction of sp³-hybridized carbons (Fsp3) is 0.200. The van der Waals surface area contributed by atoms with Crippen molar-refractivity contribution in [3.8, 4) is 0 Å². The Morgan fingerprint density at radius 3 is 2.41 bits per heavy atom. The summed E-state index contributed by atoms with van der Waals surface area (Å²) in [5.41, 5.74) is 1.22. The zero-order valence-electron chi connectivity index (χ0n) is 15.5. The molecule has 0 saturated carbocycles. The Morgan fingerprint density at radius 1 is 0.931 bits per heavy atom. The van der Waals surface area contributed by atoms with E-state index in [1.165, 1.54) is 19.1 Å². The molecule has 0 spiro atoms. The number of halogens is 2. The van der Waals surface area contributed by atoms with Gasteiger partial charge in [0.15, 0.2) is 12.4 Å². The monoisotopic (exact) mass is 436 g/mol. The van der Waals surface area contributed by atoms with Gasteiger partial charge in [0.2, 0.25) is 5.91 Å². The standard InChI is InChI=1S/C20H18Cl2N2O5/c1-12(25)13-3-2-4-15(9-13)23-18(26)7-8-20(28)29-11-19(27)24-17-10-14(21)5-6-16(17)22/h2-6,9-10H,7-8,11H2,1H3,(H,23,26)(H,24,27). The Hall–Kier alpha value is -2.90. The fourth-order valence-electron chi connectivity index (χ4n) is 2.25. The van der Waals surface area contributed by atoms with E-state index in [-0.39, 0.29) is 18.6 Å². The molecule has 9 heteroatoms. The highest BCUT2D eigenvalue weighted by molar-refractivity contribution is 6.35. The average molecular weight is 437 g/mol. The van der Waals surface area contributed by atoms with Gasteiger partial charge in [0.05, 0.1) is 17.1 Å². The molecule has 152 valence electrons. The third-order valence-electron chi connectivity index (χ3n) is 3.68. The maximum absolute atomic E-state index is 11.9. The summed E-state index contributed by atoms with van der Waals surface area (Å²) in [6, 6.07) is 11.0. The normalized spacial score (nSPS) is 10.2. The topological polar surface area (TPSA) is 102 Å². The molecule has 2 N–H and O–H groups in total. The molecule has 0 radical (unpaired) electrons. The first kappa shape index (κ1) is 22.4. The van der Waals surface area contributed by atoms with Crippen LogP contribution in [0, 0.1) is 0 Å². The zero-order chi connectivity index (χ0) is 21.4. The Bertz CT molecular complexity index is 946. The Morgan fingerprint density at radius 2 is 1.69 bits per heavy atom. The van der Waals surface area contributed by atoms with Gasteiger partial charge in [-0.1, -0.05) is 35.3 Å². The van der Waals surface area contributed by atoms with Gasteiger partial charge in [-0.2, -0.15) is 0 Å². The highest BCUT2D eigenvalue weighted by atomic mass is 35.5. The van der Waals surface area contributed by atoms with Crippen LogP contribution in [0.15, 0.2) is 42.5 Å². The van der Waals surface area contributed by atoms with Crippen molar-refractivity contribution in [3.63, 3.8) is 0 Å². The summed E-state index contributed by atoms with van der Waals surface area (Å²) >= 11 is 11.8. The van der Waals surface area contributed by atoms with Crippen molar-refractivity contribution in [2.45, 2.75) is 19.8 Å². The maximum atomic E-state index is 11.9. The predicted octanol–water partition coefficient (Wildman–Crippen LogP) is 4.10. The van der Waals surface area contributed by atoms with Gasteiger partial charge in [0.25, 0.3) is 5.91 Å². The number of carbonyl (C=O) groups is 4. The molecule has 2 amide bonds. The quantitative estimate of drug-likeness (QED) is 0.479. The van der Waals surface area contributed by atoms with Crippen molar-refractivity contribution in [1.82, 2.24) is 0 Å². The summed E-state index contributed by atoms with van der Waals surface area (Å²) in [5, 5.41) is 5.76. The first-order valence-corrected chi connectivity index (χ1v) is 9.31. The van der Waals surface area contributed by atoms with Crippen LogP contribution in [0.5, 0.6) is 0 Å². The van der Waals surface area contributed by atoms with Crippen molar-refractivity contribution < 1.29 is 23.9 Å². The second kappa shape index (κ2) is 10.6. The Balaban J connectivity index is 1.74. The number of Topliss-reactive ketones (excluding diaryl/α,β-unsaturated/α-hetero) is 1. The van der Waals surface area contributed by atoms with Crippen LogP contribution in [0.3, 0.4) is 0 Å². The highest BCUT2D eigenvalue weighted by Gasteiger charge is 2.12. The molecule has 0 aliphatic rings. The molecule has 2 aromatic rings. The van der Waals surface area contributed by atoms with Crippen molar-refractivity contribution in [3.05, 3.63) is 58.1 Å². The van der Waals surface area contributed by atoms with Crippen LogP contribution >= 0.6 is 23.2 Å². The third kappa shape index (κ3) is 7.56. The lowest BCUT2D eigenvalue weighted by atomic mass is 10.1. The van der Waals surface area contributed by atoms with Gasteiger partial charge in [0.1, 0.15) is 0 Å². The molecule has 0 bridgehead atoms. The van der Waals surface area contributed by atoms with Crippen LogP contribution in [0.4, 0.5) is 11.4 Å². The van der Waals surface area contributed by atoms with Crippen LogP contribution in [0.25, 0.3) is 0 Å². The lowest BCUT2D eigenvalue weighted by Crippen LogP contribution is -2.22. The van der Waals surface area contributed by atoms with Gasteiger partial charge >= 0.3 is 5.97 Å². The number of carbonyl (C=O) groups excluding carboxylic acids is 4. The first-order valence-electron chi connectivity index (χ1n) is 8.56. The lowest BCUT2D eigenvalue weighted by Gasteiger charge is -2.09. The number of benzene rings is 2. The van der Waals surface area contributed by atoms with E-state index in [0.29, 0.717) is 27.0 Å². The molecule has 29 heavy (non-hydrogen) atoms. The number of hydrogen-bond donors (Lipinski definition) is 2. The largest absolute Gasteiger partial charge is 0.456 e. The zero-order valence-corrected chi connectivity index (χ0v) is 17.0. The number of amides is 2. The molecule has 0 heterocycles. The molecular formula is C20H18Cl2N2O5. The third-order valence-corrected chi connectivity index (χ3v) is 4.24. The molecule has 2 aromatic carbocycles. The van der Waals surface area contributed by atoms with E-state index < -0.39 is 24.4 Å². The van der Waals surface area contributed by atoms with Crippen LogP contribution in [0.1, 0.15) is 30.1 Å². The summed E-state index contributed by atoms with van der Waals surface area (Å²) < 4.78 is 4.85.